The Bertz CT molecular complexity index is 2470. The molecule has 8 heteroatoms. The monoisotopic (exact) mass is 914 g/mol. The van der Waals surface area contributed by atoms with Crippen molar-refractivity contribution in [3.63, 3.8) is 0 Å². The molecule has 6 aromatic rings. The van der Waals surface area contributed by atoms with E-state index < -0.39 is 23.9 Å². The van der Waals surface area contributed by atoms with Crippen LogP contribution in [0.25, 0.3) is 11.1 Å². The van der Waals surface area contributed by atoms with E-state index in [0.717, 1.165) is 36.8 Å². The van der Waals surface area contributed by atoms with Gasteiger partial charge in [0.05, 0.1) is 22.3 Å². The molecule has 6 rings (SSSR count). The Labute approximate surface area is 403 Å². The third-order valence-corrected chi connectivity index (χ3v) is 12.1. The smallest absolute Gasteiger partial charge is 0.343 e. The van der Waals surface area contributed by atoms with Gasteiger partial charge >= 0.3 is 23.9 Å². The van der Waals surface area contributed by atoms with Crippen molar-refractivity contribution in [2.75, 3.05) is 0 Å². The molecule has 354 valence electrons. The second-order valence-electron chi connectivity index (χ2n) is 17.5. The van der Waals surface area contributed by atoms with Crippen molar-refractivity contribution in [2.24, 2.45) is 0 Å². The number of aryl methyl sites for hydroxylation is 2. The normalized spacial score (nSPS) is 10.9. The second-order valence-corrected chi connectivity index (χ2v) is 17.5. The highest BCUT2D eigenvalue weighted by atomic mass is 16.5. The molecule has 0 saturated carbocycles. The van der Waals surface area contributed by atoms with Crippen LogP contribution in [0, 0.1) is 0 Å². The van der Waals surface area contributed by atoms with Crippen molar-refractivity contribution in [1.29, 1.82) is 0 Å². The van der Waals surface area contributed by atoms with Gasteiger partial charge in [-0.3, -0.25) is 0 Å². The SMILES string of the molecule is CCCCCCCCCCc1ccc(C(=O)Oc2ccc(C(=O)Oc3ccc(-c4cccc(OC(=O)c5ccc(OC(=O)c6ccc(CCCCCCCCCC)cc6)cc5)c4)cc3)cc2)cc1. The summed E-state index contributed by atoms with van der Waals surface area (Å²) in [4.78, 5) is 51.7. The molecule has 8 nitrogen and oxygen atoms in total. The first-order valence-electron chi connectivity index (χ1n) is 24.7. The summed E-state index contributed by atoms with van der Waals surface area (Å²) < 4.78 is 22.5. The van der Waals surface area contributed by atoms with Crippen LogP contribution >= 0.6 is 0 Å². The highest BCUT2D eigenvalue weighted by molar-refractivity contribution is 5.94. The van der Waals surface area contributed by atoms with Crippen molar-refractivity contribution in [3.05, 3.63) is 179 Å². The number of esters is 4. The molecule has 0 aliphatic rings. The van der Waals surface area contributed by atoms with Crippen molar-refractivity contribution in [3.8, 4) is 34.1 Å². The van der Waals surface area contributed by atoms with E-state index in [9.17, 15) is 19.2 Å². The van der Waals surface area contributed by atoms with Gasteiger partial charge in [0.1, 0.15) is 23.0 Å². The standard InChI is InChI=1S/C60H66O8/c1-3-5-7-9-11-13-15-17-20-45-24-28-48(29-25-45)57(61)66-54-40-34-50(35-41-54)59(63)65-53-38-32-47(33-39-53)52-22-19-23-56(44-52)68-60(64)51-36-42-55(43-37-51)67-58(62)49-30-26-46(27-31-49)21-18-16-14-12-10-8-6-4-2/h19,22-44H,3-18,20-21H2,1-2H3. The number of hydrogen-bond donors (Lipinski definition) is 0. The predicted octanol–water partition coefficient (Wildman–Crippen LogP) is 15.6. The van der Waals surface area contributed by atoms with E-state index in [1.807, 2.05) is 42.5 Å². The van der Waals surface area contributed by atoms with Crippen LogP contribution in [-0.2, 0) is 12.8 Å². The van der Waals surface area contributed by atoms with Gasteiger partial charge in [-0.05, 0) is 145 Å². The summed E-state index contributed by atoms with van der Waals surface area (Å²) in [7, 11) is 0. The maximum atomic E-state index is 13.1. The summed E-state index contributed by atoms with van der Waals surface area (Å²) in [5, 5.41) is 0. The zero-order valence-electron chi connectivity index (χ0n) is 39.9. The zero-order chi connectivity index (χ0) is 47.8. The largest absolute Gasteiger partial charge is 0.423 e. The topological polar surface area (TPSA) is 105 Å². The van der Waals surface area contributed by atoms with Crippen molar-refractivity contribution < 1.29 is 38.1 Å². The van der Waals surface area contributed by atoms with Crippen LogP contribution in [0.4, 0.5) is 0 Å². The maximum Gasteiger partial charge on any atom is 0.343 e. The number of benzene rings is 6. The van der Waals surface area contributed by atoms with E-state index in [1.165, 1.54) is 101 Å². The van der Waals surface area contributed by atoms with Gasteiger partial charge < -0.3 is 18.9 Å². The average molecular weight is 915 g/mol. The first-order chi connectivity index (χ1) is 33.3. The van der Waals surface area contributed by atoms with Crippen molar-refractivity contribution in [1.82, 2.24) is 0 Å². The molecule has 68 heavy (non-hydrogen) atoms. The highest BCUT2D eigenvalue weighted by Gasteiger charge is 2.15. The quantitative estimate of drug-likeness (QED) is 0.0286. The molecule has 0 N–H and O–H groups in total. The molecule has 0 aliphatic heterocycles. The molecule has 0 heterocycles. The minimum atomic E-state index is -0.560. The van der Waals surface area contributed by atoms with E-state index in [4.69, 9.17) is 18.9 Å². The van der Waals surface area contributed by atoms with Gasteiger partial charge in [-0.15, -0.1) is 0 Å². The van der Waals surface area contributed by atoms with Gasteiger partial charge in [-0.2, -0.15) is 0 Å². The van der Waals surface area contributed by atoms with E-state index in [2.05, 4.69) is 13.8 Å². The third-order valence-electron chi connectivity index (χ3n) is 12.1. The molecular weight excluding hydrogens is 849 g/mol. The first-order valence-corrected chi connectivity index (χ1v) is 24.7. The van der Waals surface area contributed by atoms with Gasteiger partial charge in [0.25, 0.3) is 0 Å². The summed E-state index contributed by atoms with van der Waals surface area (Å²) in [6.07, 6.45) is 22.4. The van der Waals surface area contributed by atoms with Crippen LogP contribution in [0.1, 0.15) is 169 Å². The van der Waals surface area contributed by atoms with Gasteiger partial charge in [-0.1, -0.05) is 152 Å². The summed E-state index contributed by atoms with van der Waals surface area (Å²) in [6, 6.07) is 41.7. The van der Waals surface area contributed by atoms with Crippen LogP contribution in [0.2, 0.25) is 0 Å². The van der Waals surface area contributed by atoms with E-state index >= 15 is 0 Å². The molecule has 0 spiro atoms. The number of ether oxygens (including phenoxy) is 4. The van der Waals surface area contributed by atoms with Crippen LogP contribution in [-0.4, -0.2) is 23.9 Å². The van der Waals surface area contributed by atoms with Crippen molar-refractivity contribution >= 4 is 23.9 Å². The molecule has 0 aromatic heterocycles. The van der Waals surface area contributed by atoms with Gasteiger partial charge in [-0.25, -0.2) is 19.2 Å². The van der Waals surface area contributed by atoms with Crippen LogP contribution in [0.5, 0.6) is 23.0 Å². The number of hydrogen-bond acceptors (Lipinski definition) is 8. The molecule has 0 amide bonds. The second kappa shape index (κ2) is 27.7. The molecule has 0 saturated heterocycles. The summed E-state index contributed by atoms with van der Waals surface area (Å²) in [5.41, 5.74) is 5.55. The van der Waals surface area contributed by atoms with E-state index in [0.29, 0.717) is 45.3 Å². The predicted molar refractivity (Wildman–Crippen MR) is 270 cm³/mol. The zero-order valence-corrected chi connectivity index (χ0v) is 39.9. The first kappa shape index (κ1) is 50.6. The molecule has 0 fully saturated rings. The van der Waals surface area contributed by atoms with E-state index in [-0.39, 0.29) is 0 Å². The number of unbranched alkanes of at least 4 members (excludes halogenated alkanes) is 14. The molecule has 0 aliphatic carbocycles. The molecule has 0 atom stereocenters. The number of carbonyl (C=O) groups is 4. The number of carbonyl (C=O) groups excluding carboxylic acids is 4. The molecule has 0 bridgehead atoms. The fourth-order valence-electron chi connectivity index (χ4n) is 7.98. The minimum Gasteiger partial charge on any atom is -0.423 e. The molecule has 0 unspecified atom stereocenters. The Morgan fingerprint density at radius 1 is 0.309 bits per heavy atom. The van der Waals surface area contributed by atoms with E-state index in [1.54, 1.807) is 103 Å². The Balaban J connectivity index is 0.910. The maximum absolute atomic E-state index is 13.1. The molecule has 0 radical (unpaired) electrons. The fourth-order valence-corrected chi connectivity index (χ4v) is 7.98. The average Bonchev–Trinajstić information content (AvgIpc) is 3.36. The highest BCUT2D eigenvalue weighted by Crippen LogP contribution is 2.28. The van der Waals surface area contributed by atoms with Gasteiger partial charge in [0.2, 0.25) is 0 Å². The minimum absolute atomic E-state index is 0.298. The lowest BCUT2D eigenvalue weighted by Gasteiger charge is -2.09. The lowest BCUT2D eigenvalue weighted by atomic mass is 10.0. The number of rotatable bonds is 27. The Morgan fingerprint density at radius 2 is 0.618 bits per heavy atom. The Morgan fingerprint density at radius 3 is 0.985 bits per heavy atom. The fraction of sp³-hybridized carbons (Fsp3) is 0.333. The Kier molecular flexibility index (Phi) is 20.7. The van der Waals surface area contributed by atoms with Crippen LogP contribution in [0.15, 0.2) is 146 Å². The van der Waals surface area contributed by atoms with Gasteiger partial charge in [0, 0.05) is 0 Å². The lowest BCUT2D eigenvalue weighted by Crippen LogP contribution is -2.10. The van der Waals surface area contributed by atoms with Crippen molar-refractivity contribution in [2.45, 2.75) is 129 Å². The lowest BCUT2D eigenvalue weighted by molar-refractivity contribution is 0.0720. The van der Waals surface area contributed by atoms with Crippen LogP contribution in [0.3, 0.4) is 0 Å². The van der Waals surface area contributed by atoms with Gasteiger partial charge in [0.15, 0.2) is 0 Å². The molecular formula is C60H66O8. The summed E-state index contributed by atoms with van der Waals surface area (Å²) in [6.45, 7) is 4.48. The summed E-state index contributed by atoms with van der Waals surface area (Å²) in [5.74, 6) is -0.707. The summed E-state index contributed by atoms with van der Waals surface area (Å²) >= 11 is 0. The third kappa shape index (κ3) is 16.8. The van der Waals surface area contributed by atoms with Crippen LogP contribution < -0.4 is 18.9 Å². The Hall–Kier alpha value is -6.80. The molecule has 6 aromatic carbocycles.